The Balaban J connectivity index is 2.48. The van der Waals surface area contributed by atoms with Crippen molar-refractivity contribution in [1.82, 2.24) is 9.47 Å². The van der Waals surface area contributed by atoms with Crippen molar-refractivity contribution < 1.29 is 27.5 Å². The Labute approximate surface area is 136 Å². The van der Waals surface area contributed by atoms with Crippen molar-refractivity contribution in [1.29, 1.82) is 0 Å². The molecule has 8 heteroatoms. The number of halogens is 3. The largest absolute Gasteiger partial charge is 0.467 e. The number of likely N-dealkylation sites (N-methyl/N-ethyl adjacent to an activating group) is 1. The van der Waals surface area contributed by atoms with E-state index in [-0.39, 0.29) is 11.3 Å². The average molecular weight is 340 g/mol. The van der Waals surface area contributed by atoms with E-state index in [0.29, 0.717) is 12.1 Å². The van der Waals surface area contributed by atoms with E-state index in [4.69, 9.17) is 0 Å². The Hall–Kier alpha value is -2.77. The van der Waals surface area contributed by atoms with Crippen LogP contribution >= 0.6 is 0 Å². The zero-order valence-corrected chi connectivity index (χ0v) is 13.2. The minimum Gasteiger partial charge on any atom is -0.467 e. The second kappa shape index (κ2) is 6.77. The number of esters is 1. The van der Waals surface area contributed by atoms with Crippen LogP contribution < -0.4 is 0 Å². The molecule has 0 spiro atoms. The van der Waals surface area contributed by atoms with Crippen molar-refractivity contribution in [2.75, 3.05) is 14.2 Å². The van der Waals surface area contributed by atoms with Crippen LogP contribution in [0.25, 0.3) is 0 Å². The molecule has 2 rings (SSSR count). The first kappa shape index (κ1) is 17.6. The van der Waals surface area contributed by atoms with E-state index in [0.717, 1.165) is 12.0 Å². The summed E-state index contributed by atoms with van der Waals surface area (Å²) in [5.74, 6) is -6.05. The number of aromatic nitrogens is 1. The summed E-state index contributed by atoms with van der Waals surface area (Å²) in [4.78, 5) is 25.6. The van der Waals surface area contributed by atoms with Crippen LogP contribution in [-0.4, -0.2) is 35.5 Å². The molecule has 1 amide bonds. The van der Waals surface area contributed by atoms with Gasteiger partial charge < -0.3 is 14.2 Å². The van der Waals surface area contributed by atoms with Gasteiger partial charge in [0.1, 0.15) is 5.69 Å². The number of benzene rings is 1. The minimum absolute atomic E-state index is 0.233. The summed E-state index contributed by atoms with van der Waals surface area (Å²) in [5.41, 5.74) is 0.0257. The molecule has 0 aliphatic heterocycles. The maximum atomic E-state index is 13.5. The Kier molecular flexibility index (Phi) is 4.96. The van der Waals surface area contributed by atoms with E-state index in [1.165, 1.54) is 17.7 Å². The molecule has 1 unspecified atom stereocenters. The lowest BCUT2D eigenvalue weighted by Gasteiger charge is -2.26. The number of hydrogen-bond donors (Lipinski definition) is 0. The molecule has 1 heterocycles. The molecule has 2 aromatic rings. The highest BCUT2D eigenvalue weighted by molar-refractivity contribution is 5.95. The Morgan fingerprint density at radius 3 is 2.25 bits per heavy atom. The highest BCUT2D eigenvalue weighted by Crippen LogP contribution is 2.26. The number of carbonyl (C=O) groups is 2. The number of nitrogens with zero attached hydrogens (tertiary/aromatic N) is 2. The fraction of sp³-hybridized carbons (Fsp3) is 0.250. The third-order valence-corrected chi connectivity index (χ3v) is 3.62. The van der Waals surface area contributed by atoms with Crippen LogP contribution in [0.15, 0.2) is 30.5 Å². The third kappa shape index (κ3) is 3.12. The molecule has 0 aliphatic carbocycles. The zero-order chi connectivity index (χ0) is 18.0. The highest BCUT2D eigenvalue weighted by atomic mass is 19.2. The second-order valence-electron chi connectivity index (χ2n) is 5.14. The monoisotopic (exact) mass is 340 g/mol. The summed E-state index contributed by atoms with van der Waals surface area (Å²) >= 11 is 0. The van der Waals surface area contributed by atoms with Crippen LogP contribution in [0.2, 0.25) is 0 Å². The lowest BCUT2D eigenvalue weighted by Crippen LogP contribution is -2.37. The summed E-state index contributed by atoms with van der Waals surface area (Å²) in [5, 5.41) is 0. The number of carbonyl (C=O) groups excluding carboxylic acids is 2. The molecular weight excluding hydrogens is 325 g/mol. The molecule has 24 heavy (non-hydrogen) atoms. The van der Waals surface area contributed by atoms with Gasteiger partial charge in [0.05, 0.1) is 7.11 Å². The number of rotatable bonds is 4. The number of methoxy groups -OCH3 is 1. The van der Waals surface area contributed by atoms with Gasteiger partial charge in [-0.3, -0.25) is 4.79 Å². The predicted molar refractivity (Wildman–Crippen MR) is 78.6 cm³/mol. The van der Waals surface area contributed by atoms with E-state index >= 15 is 0 Å². The lowest BCUT2D eigenvalue weighted by atomic mass is 10.0. The van der Waals surface area contributed by atoms with Crippen LogP contribution in [-0.2, 0) is 16.6 Å². The molecule has 0 saturated carbocycles. The van der Waals surface area contributed by atoms with Crippen molar-refractivity contribution >= 4 is 11.9 Å². The topological polar surface area (TPSA) is 51.5 Å². The quantitative estimate of drug-likeness (QED) is 0.634. The van der Waals surface area contributed by atoms with E-state index in [1.807, 2.05) is 0 Å². The Bertz CT molecular complexity index is 766. The minimum atomic E-state index is -1.65. The molecule has 1 aromatic carbocycles. The van der Waals surface area contributed by atoms with Crippen LogP contribution in [0.1, 0.15) is 22.1 Å². The van der Waals surface area contributed by atoms with Gasteiger partial charge >= 0.3 is 5.97 Å². The fourth-order valence-corrected chi connectivity index (χ4v) is 2.34. The number of hydrogen-bond acceptors (Lipinski definition) is 3. The molecular formula is C16H15F3N2O3. The Morgan fingerprint density at radius 1 is 1.21 bits per heavy atom. The van der Waals surface area contributed by atoms with Crippen molar-refractivity contribution in [3.63, 3.8) is 0 Å². The van der Waals surface area contributed by atoms with Gasteiger partial charge in [-0.25, -0.2) is 18.0 Å². The van der Waals surface area contributed by atoms with E-state index < -0.39 is 35.4 Å². The molecule has 0 saturated heterocycles. The summed E-state index contributed by atoms with van der Waals surface area (Å²) in [6, 6.07) is 3.05. The zero-order valence-electron chi connectivity index (χ0n) is 13.2. The predicted octanol–water partition coefficient (Wildman–Crippen LogP) is 2.43. The summed E-state index contributed by atoms with van der Waals surface area (Å²) < 4.78 is 46.3. The van der Waals surface area contributed by atoms with Gasteiger partial charge in [0, 0.05) is 20.3 Å². The third-order valence-electron chi connectivity index (χ3n) is 3.62. The molecule has 0 fully saturated rings. The van der Waals surface area contributed by atoms with E-state index in [2.05, 4.69) is 4.74 Å². The van der Waals surface area contributed by atoms with Crippen molar-refractivity contribution in [3.8, 4) is 0 Å². The van der Waals surface area contributed by atoms with Gasteiger partial charge in [0.2, 0.25) is 0 Å². The fourth-order valence-electron chi connectivity index (χ4n) is 2.34. The van der Waals surface area contributed by atoms with Gasteiger partial charge in [-0.1, -0.05) is 0 Å². The molecule has 0 N–H and O–H groups in total. The van der Waals surface area contributed by atoms with Crippen LogP contribution in [0.4, 0.5) is 13.2 Å². The normalized spacial score (nSPS) is 11.9. The van der Waals surface area contributed by atoms with Crippen LogP contribution in [0.5, 0.6) is 0 Å². The van der Waals surface area contributed by atoms with Crippen LogP contribution in [0, 0.1) is 17.5 Å². The SMILES string of the molecule is COC(=O)C(c1cc(F)c(F)c(F)c1)N(C)C(=O)c1cccn1C. The molecule has 128 valence electrons. The summed E-state index contributed by atoms with van der Waals surface area (Å²) in [6.07, 6.45) is 1.63. The highest BCUT2D eigenvalue weighted by Gasteiger charge is 2.32. The second-order valence-corrected chi connectivity index (χ2v) is 5.14. The number of ether oxygens (including phenoxy) is 1. The van der Waals surface area contributed by atoms with E-state index in [9.17, 15) is 22.8 Å². The van der Waals surface area contributed by atoms with Crippen molar-refractivity contribution in [3.05, 3.63) is 59.2 Å². The van der Waals surface area contributed by atoms with Gasteiger partial charge in [0.25, 0.3) is 5.91 Å². The molecule has 0 aliphatic rings. The molecule has 0 radical (unpaired) electrons. The standard InChI is InChI=1S/C16H15F3N2O3/c1-20-6-4-5-12(20)15(22)21(2)14(16(23)24-3)9-7-10(17)13(19)11(18)8-9/h4-8,14H,1-3H3. The lowest BCUT2D eigenvalue weighted by molar-refractivity contribution is -0.145. The maximum absolute atomic E-state index is 13.5. The molecule has 1 aromatic heterocycles. The Morgan fingerprint density at radius 2 is 1.79 bits per heavy atom. The van der Waals surface area contributed by atoms with Gasteiger partial charge in [-0.15, -0.1) is 0 Å². The molecule has 1 atom stereocenters. The first-order valence-corrected chi connectivity index (χ1v) is 6.88. The van der Waals surface area contributed by atoms with Crippen molar-refractivity contribution in [2.45, 2.75) is 6.04 Å². The van der Waals surface area contributed by atoms with Crippen molar-refractivity contribution in [2.24, 2.45) is 7.05 Å². The van der Waals surface area contributed by atoms with Gasteiger partial charge in [0.15, 0.2) is 23.5 Å². The smallest absolute Gasteiger partial charge is 0.333 e. The first-order valence-electron chi connectivity index (χ1n) is 6.88. The van der Waals surface area contributed by atoms with Gasteiger partial charge in [-0.2, -0.15) is 0 Å². The maximum Gasteiger partial charge on any atom is 0.333 e. The number of aryl methyl sites for hydroxylation is 1. The molecule has 0 bridgehead atoms. The van der Waals surface area contributed by atoms with E-state index in [1.54, 1.807) is 19.3 Å². The van der Waals surface area contributed by atoms with Gasteiger partial charge in [-0.05, 0) is 29.8 Å². The summed E-state index contributed by atoms with van der Waals surface area (Å²) in [7, 11) is 3.99. The average Bonchev–Trinajstić information content (AvgIpc) is 2.97. The van der Waals surface area contributed by atoms with Crippen LogP contribution in [0.3, 0.4) is 0 Å². The molecule has 5 nitrogen and oxygen atoms in total. The first-order chi connectivity index (χ1) is 11.3. The summed E-state index contributed by atoms with van der Waals surface area (Å²) in [6.45, 7) is 0. The number of amides is 1.